The minimum Gasteiger partial charge on any atom is -0.378 e. The fourth-order valence-corrected chi connectivity index (χ4v) is 1.80. The highest BCUT2D eigenvalue weighted by Crippen LogP contribution is 2.16. The lowest BCUT2D eigenvalue weighted by atomic mass is 10.2. The molecule has 5 nitrogen and oxygen atoms in total. The second kappa shape index (κ2) is 4.12. The highest BCUT2D eigenvalue weighted by Gasteiger charge is 2.31. The van der Waals surface area contributed by atoms with Crippen LogP contribution in [0.2, 0.25) is 0 Å². The van der Waals surface area contributed by atoms with E-state index in [1.807, 2.05) is 13.0 Å². The van der Waals surface area contributed by atoms with Crippen molar-refractivity contribution in [3.63, 3.8) is 0 Å². The van der Waals surface area contributed by atoms with E-state index in [-0.39, 0.29) is 12.1 Å². The summed E-state index contributed by atoms with van der Waals surface area (Å²) in [6.07, 6.45) is 1.85. The Morgan fingerprint density at radius 2 is 2.33 bits per heavy atom. The first kappa shape index (κ1) is 10.3. The Morgan fingerprint density at radius 3 is 2.93 bits per heavy atom. The maximum atomic E-state index is 5.93. The van der Waals surface area contributed by atoms with Gasteiger partial charge in [-0.2, -0.15) is 0 Å². The molecule has 0 bridgehead atoms. The van der Waals surface area contributed by atoms with Gasteiger partial charge in [-0.15, -0.1) is 0 Å². The summed E-state index contributed by atoms with van der Waals surface area (Å²) < 4.78 is 5.28. The van der Waals surface area contributed by atoms with Gasteiger partial charge < -0.3 is 15.4 Å². The molecule has 1 saturated heterocycles. The normalized spacial score (nSPS) is 25.9. The van der Waals surface area contributed by atoms with Crippen molar-refractivity contribution in [1.82, 2.24) is 9.97 Å². The van der Waals surface area contributed by atoms with E-state index in [9.17, 15) is 0 Å². The molecule has 2 rings (SSSR count). The molecule has 2 atom stereocenters. The van der Waals surface area contributed by atoms with Crippen LogP contribution in [0.3, 0.4) is 0 Å². The van der Waals surface area contributed by atoms with E-state index in [0.29, 0.717) is 0 Å². The van der Waals surface area contributed by atoms with Crippen molar-refractivity contribution in [2.24, 2.45) is 5.73 Å². The molecule has 5 heteroatoms. The maximum Gasteiger partial charge on any atom is 0.225 e. The van der Waals surface area contributed by atoms with E-state index in [1.54, 1.807) is 13.3 Å². The average Bonchev–Trinajstić information content (AvgIpc) is 2.60. The maximum absolute atomic E-state index is 5.93. The van der Waals surface area contributed by atoms with E-state index in [1.165, 1.54) is 0 Å². The SMILES string of the molecule is COC1CN(c2nccc(C)n2)CC1N. The zero-order chi connectivity index (χ0) is 10.8. The Hall–Kier alpha value is -1.20. The molecule has 82 valence electrons. The van der Waals surface area contributed by atoms with Gasteiger partial charge >= 0.3 is 0 Å². The molecular formula is C10H16N4O. The molecule has 0 aromatic carbocycles. The highest BCUT2D eigenvalue weighted by atomic mass is 16.5. The number of anilines is 1. The van der Waals surface area contributed by atoms with Crippen LogP contribution in [0.4, 0.5) is 5.95 Å². The summed E-state index contributed by atoms with van der Waals surface area (Å²) in [6.45, 7) is 3.47. The number of aromatic nitrogens is 2. The number of rotatable bonds is 2. The predicted molar refractivity (Wildman–Crippen MR) is 57.8 cm³/mol. The van der Waals surface area contributed by atoms with Gasteiger partial charge in [0.2, 0.25) is 5.95 Å². The summed E-state index contributed by atoms with van der Waals surface area (Å²) in [6, 6.07) is 1.92. The van der Waals surface area contributed by atoms with Crippen LogP contribution < -0.4 is 10.6 Å². The van der Waals surface area contributed by atoms with Crippen molar-refractivity contribution < 1.29 is 4.74 Å². The van der Waals surface area contributed by atoms with E-state index in [0.717, 1.165) is 24.7 Å². The number of aryl methyl sites for hydroxylation is 1. The Balaban J connectivity index is 2.13. The van der Waals surface area contributed by atoms with Gasteiger partial charge in [0.25, 0.3) is 0 Å². The fraction of sp³-hybridized carbons (Fsp3) is 0.600. The zero-order valence-corrected chi connectivity index (χ0v) is 9.05. The van der Waals surface area contributed by atoms with Gasteiger partial charge in [-0.05, 0) is 13.0 Å². The van der Waals surface area contributed by atoms with Crippen molar-refractivity contribution in [1.29, 1.82) is 0 Å². The minimum atomic E-state index is 0.0408. The Bertz CT molecular complexity index is 344. The Kier molecular flexibility index (Phi) is 2.83. The van der Waals surface area contributed by atoms with E-state index in [2.05, 4.69) is 14.9 Å². The lowest BCUT2D eigenvalue weighted by Crippen LogP contribution is -2.34. The molecule has 2 heterocycles. The summed E-state index contributed by atoms with van der Waals surface area (Å²) in [5.74, 6) is 0.741. The smallest absolute Gasteiger partial charge is 0.225 e. The Labute approximate surface area is 89.3 Å². The summed E-state index contributed by atoms with van der Waals surface area (Å²) in [4.78, 5) is 10.7. The van der Waals surface area contributed by atoms with Crippen LogP contribution in [0.15, 0.2) is 12.3 Å². The van der Waals surface area contributed by atoms with Crippen molar-refractivity contribution in [3.8, 4) is 0 Å². The average molecular weight is 208 g/mol. The molecule has 0 saturated carbocycles. The number of methoxy groups -OCH3 is 1. The van der Waals surface area contributed by atoms with Gasteiger partial charge in [-0.3, -0.25) is 0 Å². The minimum absolute atomic E-state index is 0.0408. The molecule has 1 aromatic rings. The molecular weight excluding hydrogens is 192 g/mol. The van der Waals surface area contributed by atoms with Crippen molar-refractivity contribution in [3.05, 3.63) is 18.0 Å². The molecule has 0 spiro atoms. The van der Waals surface area contributed by atoms with Crippen LogP contribution in [-0.4, -0.2) is 42.3 Å². The molecule has 0 amide bonds. The first-order valence-electron chi connectivity index (χ1n) is 5.03. The van der Waals surface area contributed by atoms with Gasteiger partial charge in [0.15, 0.2) is 0 Å². The standard InChI is InChI=1S/C10H16N4O/c1-7-3-4-12-10(13-7)14-5-8(11)9(6-14)15-2/h3-4,8-9H,5-6,11H2,1-2H3. The number of nitrogens with zero attached hydrogens (tertiary/aromatic N) is 3. The molecule has 1 aliphatic rings. The third kappa shape index (κ3) is 2.08. The summed E-state index contributed by atoms with van der Waals surface area (Å²) in [5.41, 5.74) is 6.90. The van der Waals surface area contributed by atoms with Gasteiger partial charge in [-0.25, -0.2) is 9.97 Å². The summed E-state index contributed by atoms with van der Waals surface area (Å²) in [7, 11) is 1.69. The quantitative estimate of drug-likeness (QED) is 0.738. The molecule has 0 radical (unpaired) electrons. The second-order valence-electron chi connectivity index (χ2n) is 3.84. The topological polar surface area (TPSA) is 64.3 Å². The first-order chi connectivity index (χ1) is 7.20. The lowest BCUT2D eigenvalue weighted by molar-refractivity contribution is 0.108. The Morgan fingerprint density at radius 1 is 1.53 bits per heavy atom. The van der Waals surface area contributed by atoms with Gasteiger partial charge in [0.1, 0.15) is 0 Å². The molecule has 1 aliphatic heterocycles. The fourth-order valence-electron chi connectivity index (χ4n) is 1.80. The first-order valence-corrected chi connectivity index (χ1v) is 5.03. The van der Waals surface area contributed by atoms with Crippen LogP contribution in [0.25, 0.3) is 0 Å². The number of hydrogen-bond acceptors (Lipinski definition) is 5. The zero-order valence-electron chi connectivity index (χ0n) is 9.05. The molecule has 2 N–H and O–H groups in total. The van der Waals surface area contributed by atoms with Crippen LogP contribution in [0.1, 0.15) is 5.69 Å². The van der Waals surface area contributed by atoms with Gasteiger partial charge in [0, 0.05) is 32.1 Å². The van der Waals surface area contributed by atoms with E-state index >= 15 is 0 Å². The second-order valence-corrected chi connectivity index (χ2v) is 3.84. The summed E-state index contributed by atoms with van der Waals surface area (Å²) >= 11 is 0. The molecule has 0 aliphatic carbocycles. The third-order valence-corrected chi connectivity index (χ3v) is 2.68. The van der Waals surface area contributed by atoms with E-state index in [4.69, 9.17) is 10.5 Å². The number of ether oxygens (including phenoxy) is 1. The molecule has 15 heavy (non-hydrogen) atoms. The highest BCUT2D eigenvalue weighted by molar-refractivity contribution is 5.33. The number of hydrogen-bond donors (Lipinski definition) is 1. The third-order valence-electron chi connectivity index (χ3n) is 2.68. The monoisotopic (exact) mass is 208 g/mol. The number of nitrogens with two attached hydrogens (primary N) is 1. The predicted octanol–water partition coefficient (Wildman–Crippen LogP) is -0.0527. The largest absolute Gasteiger partial charge is 0.378 e. The van der Waals surface area contributed by atoms with E-state index < -0.39 is 0 Å². The molecule has 1 aromatic heterocycles. The van der Waals surface area contributed by atoms with Crippen molar-refractivity contribution in [2.75, 3.05) is 25.1 Å². The summed E-state index contributed by atoms with van der Waals surface area (Å²) in [5, 5.41) is 0. The van der Waals surface area contributed by atoms with Crippen LogP contribution >= 0.6 is 0 Å². The van der Waals surface area contributed by atoms with Crippen LogP contribution in [0.5, 0.6) is 0 Å². The van der Waals surface area contributed by atoms with Crippen LogP contribution in [-0.2, 0) is 4.74 Å². The van der Waals surface area contributed by atoms with Crippen molar-refractivity contribution >= 4 is 5.95 Å². The lowest BCUT2D eigenvalue weighted by Gasteiger charge is -2.15. The van der Waals surface area contributed by atoms with Crippen molar-refractivity contribution in [2.45, 2.75) is 19.1 Å². The molecule has 2 unspecified atom stereocenters. The van der Waals surface area contributed by atoms with Gasteiger partial charge in [-0.1, -0.05) is 0 Å². The molecule has 1 fully saturated rings. The van der Waals surface area contributed by atoms with Crippen LogP contribution in [0, 0.1) is 6.92 Å². The van der Waals surface area contributed by atoms with Gasteiger partial charge in [0.05, 0.1) is 12.1 Å².